The maximum absolute atomic E-state index is 11.8. The van der Waals surface area contributed by atoms with Crippen LogP contribution >= 0.6 is 15.9 Å². The Labute approximate surface area is 129 Å². The number of rotatable bonds is 5. The highest BCUT2D eigenvalue weighted by Crippen LogP contribution is 2.29. The first kappa shape index (κ1) is 15.0. The lowest BCUT2D eigenvalue weighted by atomic mass is 9.95. The van der Waals surface area contributed by atoms with Gasteiger partial charge in [-0.25, -0.2) is 0 Å². The third kappa shape index (κ3) is 3.37. The average molecular weight is 331 g/mol. The quantitative estimate of drug-likeness (QED) is 0.646. The van der Waals surface area contributed by atoms with Crippen LogP contribution < -0.4 is 0 Å². The Morgan fingerprint density at radius 2 is 1.90 bits per heavy atom. The van der Waals surface area contributed by atoms with Gasteiger partial charge in [0.05, 0.1) is 0 Å². The zero-order chi connectivity index (χ0) is 14.5. The predicted octanol–water partition coefficient (Wildman–Crippen LogP) is 5.66. The van der Waals surface area contributed by atoms with Crippen LogP contribution in [-0.4, -0.2) is 5.78 Å². The first-order valence-electron chi connectivity index (χ1n) is 7.02. The number of halogens is 1. The monoisotopic (exact) mass is 330 g/mol. The molecule has 1 nitrogen and oxygen atoms in total. The number of unbranched alkanes of at least 4 members (excludes halogenated alkanes) is 1. The second-order valence-electron chi connectivity index (χ2n) is 5.01. The number of carbonyl (C=O) groups is 1. The number of hydrogen-bond donors (Lipinski definition) is 0. The van der Waals surface area contributed by atoms with Crippen molar-refractivity contribution < 1.29 is 4.79 Å². The van der Waals surface area contributed by atoms with E-state index in [1.165, 1.54) is 18.4 Å². The molecule has 2 aromatic carbocycles. The highest BCUT2D eigenvalue weighted by Gasteiger charge is 2.10. The summed E-state index contributed by atoms with van der Waals surface area (Å²) in [5.41, 5.74) is 4.23. The molecule has 0 amide bonds. The third-order valence-electron chi connectivity index (χ3n) is 3.46. The Morgan fingerprint density at radius 1 is 1.15 bits per heavy atom. The van der Waals surface area contributed by atoms with E-state index < -0.39 is 0 Å². The second kappa shape index (κ2) is 6.85. The van der Waals surface area contributed by atoms with Gasteiger partial charge < -0.3 is 0 Å². The summed E-state index contributed by atoms with van der Waals surface area (Å²) in [6, 6.07) is 14.2. The first-order chi connectivity index (χ1) is 9.63. The number of benzene rings is 2. The molecule has 0 spiro atoms. The fourth-order valence-electron chi connectivity index (χ4n) is 2.34. The molecule has 0 aliphatic heterocycles. The number of carbonyl (C=O) groups excluding carboxylic acids is 1. The lowest BCUT2D eigenvalue weighted by Gasteiger charge is -2.10. The highest BCUT2D eigenvalue weighted by molar-refractivity contribution is 9.10. The summed E-state index contributed by atoms with van der Waals surface area (Å²) in [6.07, 6.45) is 3.42. The summed E-state index contributed by atoms with van der Waals surface area (Å²) in [5, 5.41) is 0. The molecular weight excluding hydrogens is 312 g/mol. The van der Waals surface area contributed by atoms with Crippen molar-refractivity contribution in [3.63, 3.8) is 0 Å². The largest absolute Gasteiger partial charge is 0.294 e. The van der Waals surface area contributed by atoms with Crippen molar-refractivity contribution in [2.24, 2.45) is 0 Å². The number of ketones is 1. The molecule has 2 heteroatoms. The van der Waals surface area contributed by atoms with Crippen molar-refractivity contribution in [3.8, 4) is 11.1 Å². The maximum atomic E-state index is 11.8. The lowest BCUT2D eigenvalue weighted by molar-refractivity contribution is 0.101. The maximum Gasteiger partial charge on any atom is 0.160 e. The van der Waals surface area contributed by atoms with Crippen LogP contribution in [0.4, 0.5) is 0 Å². The van der Waals surface area contributed by atoms with Crippen molar-refractivity contribution in [1.29, 1.82) is 0 Å². The van der Waals surface area contributed by atoms with Crippen LogP contribution in [0.25, 0.3) is 11.1 Å². The van der Waals surface area contributed by atoms with Crippen molar-refractivity contribution in [1.82, 2.24) is 0 Å². The highest BCUT2D eigenvalue weighted by atomic mass is 79.9. The Balaban J connectivity index is 2.45. The summed E-state index contributed by atoms with van der Waals surface area (Å²) >= 11 is 3.61. The van der Waals surface area contributed by atoms with Gasteiger partial charge in [-0.1, -0.05) is 65.7 Å². The smallest absolute Gasteiger partial charge is 0.160 e. The van der Waals surface area contributed by atoms with Crippen LogP contribution in [0.2, 0.25) is 0 Å². The fourth-order valence-corrected chi connectivity index (χ4v) is 2.79. The van der Waals surface area contributed by atoms with Crippen molar-refractivity contribution in [2.75, 3.05) is 0 Å². The molecule has 2 aromatic rings. The lowest BCUT2D eigenvalue weighted by Crippen LogP contribution is -1.96. The minimum atomic E-state index is 0.110. The van der Waals surface area contributed by atoms with Gasteiger partial charge in [-0.15, -0.1) is 0 Å². The van der Waals surface area contributed by atoms with Crippen molar-refractivity contribution in [3.05, 3.63) is 58.1 Å². The van der Waals surface area contributed by atoms with Crippen LogP contribution in [0.3, 0.4) is 0 Å². The normalized spacial score (nSPS) is 10.6. The van der Waals surface area contributed by atoms with Gasteiger partial charge in [0.1, 0.15) is 0 Å². The molecule has 0 aliphatic carbocycles. The molecule has 0 heterocycles. The van der Waals surface area contributed by atoms with Crippen molar-refractivity contribution in [2.45, 2.75) is 33.1 Å². The van der Waals surface area contributed by atoms with Gasteiger partial charge >= 0.3 is 0 Å². The molecule has 0 unspecified atom stereocenters. The van der Waals surface area contributed by atoms with E-state index in [9.17, 15) is 4.79 Å². The molecule has 0 saturated heterocycles. The van der Waals surface area contributed by atoms with E-state index in [2.05, 4.69) is 41.1 Å². The van der Waals surface area contributed by atoms with E-state index in [1.807, 2.05) is 24.3 Å². The van der Waals surface area contributed by atoms with Crippen LogP contribution in [0.1, 0.15) is 42.6 Å². The molecule has 0 radical (unpaired) electrons. The van der Waals surface area contributed by atoms with E-state index in [4.69, 9.17) is 0 Å². The predicted molar refractivity (Wildman–Crippen MR) is 88.2 cm³/mol. The molecule has 0 saturated carbocycles. The van der Waals surface area contributed by atoms with Gasteiger partial charge in [0.2, 0.25) is 0 Å². The minimum Gasteiger partial charge on any atom is -0.294 e. The topological polar surface area (TPSA) is 17.1 Å². The molecule has 0 N–H and O–H groups in total. The van der Waals surface area contributed by atoms with E-state index in [0.29, 0.717) is 0 Å². The van der Waals surface area contributed by atoms with E-state index in [0.717, 1.165) is 27.6 Å². The molecule has 0 aliphatic rings. The van der Waals surface area contributed by atoms with Gasteiger partial charge in [-0.2, -0.15) is 0 Å². The summed E-state index contributed by atoms with van der Waals surface area (Å²) in [7, 11) is 0. The van der Waals surface area contributed by atoms with E-state index in [-0.39, 0.29) is 5.78 Å². The average Bonchev–Trinajstić information content (AvgIpc) is 2.46. The van der Waals surface area contributed by atoms with Crippen LogP contribution in [0, 0.1) is 0 Å². The molecule has 20 heavy (non-hydrogen) atoms. The molecule has 0 atom stereocenters. The first-order valence-corrected chi connectivity index (χ1v) is 7.81. The summed E-state index contributed by atoms with van der Waals surface area (Å²) in [5.74, 6) is 0.110. The van der Waals surface area contributed by atoms with Crippen LogP contribution in [-0.2, 0) is 6.42 Å². The zero-order valence-electron chi connectivity index (χ0n) is 11.9. The van der Waals surface area contributed by atoms with E-state index in [1.54, 1.807) is 6.92 Å². The number of hydrogen-bond acceptors (Lipinski definition) is 1. The van der Waals surface area contributed by atoms with Crippen LogP contribution in [0.15, 0.2) is 46.9 Å². The SMILES string of the molecule is CCCCc1cc(-c2ccccc2C(C)=O)ccc1Br. The standard InChI is InChI=1S/C18H19BrO/c1-3-4-7-15-12-14(10-11-18(15)19)17-9-6-5-8-16(17)13(2)20/h5-6,8-12H,3-4,7H2,1-2H3. The minimum absolute atomic E-state index is 0.110. The summed E-state index contributed by atoms with van der Waals surface area (Å²) in [6.45, 7) is 3.82. The summed E-state index contributed by atoms with van der Waals surface area (Å²) in [4.78, 5) is 11.8. The van der Waals surface area contributed by atoms with Crippen LogP contribution in [0.5, 0.6) is 0 Å². The Morgan fingerprint density at radius 3 is 2.60 bits per heavy atom. The summed E-state index contributed by atoms with van der Waals surface area (Å²) < 4.78 is 1.15. The van der Waals surface area contributed by atoms with Gasteiger partial charge in [0.25, 0.3) is 0 Å². The molecule has 104 valence electrons. The molecule has 2 rings (SSSR count). The molecule has 0 bridgehead atoms. The third-order valence-corrected chi connectivity index (χ3v) is 4.24. The van der Waals surface area contributed by atoms with E-state index >= 15 is 0 Å². The molecule has 0 fully saturated rings. The van der Waals surface area contributed by atoms with Crippen molar-refractivity contribution >= 4 is 21.7 Å². The molecule has 0 aromatic heterocycles. The Hall–Kier alpha value is -1.41. The Bertz CT molecular complexity index is 617. The van der Waals surface area contributed by atoms with Gasteiger partial charge in [-0.05, 0) is 42.5 Å². The number of aryl methyl sites for hydroxylation is 1. The Kier molecular flexibility index (Phi) is 5.13. The fraction of sp³-hybridized carbons (Fsp3) is 0.278. The zero-order valence-corrected chi connectivity index (χ0v) is 13.5. The number of Topliss-reactive ketones (excluding diaryl/α,β-unsaturated/α-hetero) is 1. The van der Waals surface area contributed by atoms with Gasteiger partial charge in [0.15, 0.2) is 5.78 Å². The van der Waals surface area contributed by atoms with Gasteiger partial charge in [-0.3, -0.25) is 4.79 Å². The molecular formula is C18H19BrO. The second-order valence-corrected chi connectivity index (χ2v) is 5.87. The van der Waals surface area contributed by atoms with Gasteiger partial charge in [0, 0.05) is 10.0 Å².